The molecule has 0 bridgehead atoms. The fourth-order valence-corrected chi connectivity index (χ4v) is 3.92. The summed E-state index contributed by atoms with van der Waals surface area (Å²) in [5, 5.41) is 0. The van der Waals surface area contributed by atoms with E-state index in [0.29, 0.717) is 0 Å². The minimum Gasteiger partial charge on any atom is -0.469 e. The molecular weight excluding hydrogens is 370 g/mol. The first-order valence-corrected chi connectivity index (χ1v) is 9.61. The number of ether oxygens (including phenoxy) is 2. The summed E-state index contributed by atoms with van der Waals surface area (Å²) in [6, 6.07) is 14.6. The van der Waals surface area contributed by atoms with Crippen molar-refractivity contribution in [2.75, 3.05) is 20.8 Å². The Hall–Kier alpha value is -2.71. The largest absolute Gasteiger partial charge is 0.469 e. The Kier molecular flexibility index (Phi) is 7.09. The van der Waals surface area contributed by atoms with E-state index in [2.05, 4.69) is 9.47 Å². The highest BCUT2D eigenvalue weighted by molar-refractivity contribution is 7.89. The summed E-state index contributed by atoms with van der Waals surface area (Å²) in [4.78, 5) is 23.2. The van der Waals surface area contributed by atoms with Crippen LogP contribution < -0.4 is 0 Å². The molecule has 0 N–H and O–H groups in total. The SMILES string of the molecule is COC(=O)CCN(Cc1ccccc1)S(=O)(=O)c1cccc(C(=O)OC)c1. The molecule has 0 saturated carbocycles. The minimum absolute atomic E-state index is 0.0493. The van der Waals surface area contributed by atoms with Gasteiger partial charge in [-0.05, 0) is 23.8 Å². The highest BCUT2D eigenvalue weighted by Crippen LogP contribution is 2.20. The second-order valence-corrected chi connectivity index (χ2v) is 7.61. The van der Waals surface area contributed by atoms with Gasteiger partial charge in [0, 0.05) is 13.1 Å². The van der Waals surface area contributed by atoms with Crippen LogP contribution in [0.2, 0.25) is 0 Å². The van der Waals surface area contributed by atoms with Crippen LogP contribution in [0.4, 0.5) is 0 Å². The molecule has 0 aliphatic rings. The van der Waals surface area contributed by atoms with Gasteiger partial charge in [-0.1, -0.05) is 36.4 Å². The number of hydrogen-bond donors (Lipinski definition) is 0. The van der Waals surface area contributed by atoms with E-state index in [-0.39, 0.29) is 30.0 Å². The summed E-state index contributed by atoms with van der Waals surface area (Å²) in [6.07, 6.45) is -0.0841. The summed E-state index contributed by atoms with van der Waals surface area (Å²) < 4.78 is 36.7. The molecule has 0 radical (unpaired) electrons. The number of rotatable bonds is 8. The molecule has 8 heteroatoms. The molecular formula is C19H21NO6S. The van der Waals surface area contributed by atoms with Crippen molar-refractivity contribution in [1.29, 1.82) is 0 Å². The molecule has 0 heterocycles. The second kappa shape index (κ2) is 9.29. The number of esters is 2. The first-order valence-electron chi connectivity index (χ1n) is 8.17. The van der Waals surface area contributed by atoms with Crippen LogP contribution in [0.5, 0.6) is 0 Å². The lowest BCUT2D eigenvalue weighted by Gasteiger charge is -2.22. The number of methoxy groups -OCH3 is 2. The van der Waals surface area contributed by atoms with Gasteiger partial charge in [0.2, 0.25) is 10.0 Å². The summed E-state index contributed by atoms with van der Waals surface area (Å²) in [7, 11) is -1.48. The Bertz CT molecular complexity index is 895. The van der Waals surface area contributed by atoms with Gasteiger partial charge >= 0.3 is 11.9 Å². The van der Waals surface area contributed by atoms with Crippen LogP contribution in [0.25, 0.3) is 0 Å². The van der Waals surface area contributed by atoms with Crippen molar-refractivity contribution in [3.8, 4) is 0 Å². The third-order valence-electron chi connectivity index (χ3n) is 3.89. The first-order chi connectivity index (χ1) is 12.9. The normalized spacial score (nSPS) is 11.2. The summed E-state index contributed by atoms with van der Waals surface area (Å²) in [6.45, 7) is 0.0367. The van der Waals surface area contributed by atoms with Crippen molar-refractivity contribution in [3.63, 3.8) is 0 Å². The number of carbonyl (C=O) groups is 2. The van der Waals surface area contributed by atoms with Crippen LogP contribution in [0.1, 0.15) is 22.3 Å². The second-order valence-electron chi connectivity index (χ2n) is 5.67. The molecule has 7 nitrogen and oxygen atoms in total. The summed E-state index contributed by atoms with van der Waals surface area (Å²) >= 11 is 0. The average molecular weight is 391 g/mol. The van der Waals surface area contributed by atoms with Gasteiger partial charge in [0.15, 0.2) is 0 Å². The molecule has 2 rings (SSSR count). The van der Waals surface area contributed by atoms with Gasteiger partial charge in [-0.15, -0.1) is 0 Å². The molecule has 0 amide bonds. The highest BCUT2D eigenvalue weighted by atomic mass is 32.2. The number of benzene rings is 2. The monoisotopic (exact) mass is 391 g/mol. The van der Waals surface area contributed by atoms with E-state index in [9.17, 15) is 18.0 Å². The van der Waals surface area contributed by atoms with Crippen molar-refractivity contribution in [1.82, 2.24) is 4.31 Å². The number of nitrogens with zero attached hydrogens (tertiary/aromatic N) is 1. The lowest BCUT2D eigenvalue weighted by atomic mass is 10.2. The fraction of sp³-hybridized carbons (Fsp3) is 0.263. The maximum Gasteiger partial charge on any atom is 0.337 e. The summed E-state index contributed by atoms with van der Waals surface area (Å²) in [5.41, 5.74) is 0.904. The molecule has 0 saturated heterocycles. The van der Waals surface area contributed by atoms with Crippen molar-refractivity contribution < 1.29 is 27.5 Å². The lowest BCUT2D eigenvalue weighted by Crippen LogP contribution is -2.33. The molecule has 0 aliphatic heterocycles. The smallest absolute Gasteiger partial charge is 0.337 e. The van der Waals surface area contributed by atoms with Crippen molar-refractivity contribution in [2.45, 2.75) is 17.9 Å². The number of sulfonamides is 1. The number of hydrogen-bond acceptors (Lipinski definition) is 6. The highest BCUT2D eigenvalue weighted by Gasteiger charge is 2.26. The van der Waals surface area contributed by atoms with Crippen LogP contribution in [0, 0.1) is 0 Å². The Morgan fingerprint density at radius 1 is 0.963 bits per heavy atom. The quantitative estimate of drug-likeness (QED) is 0.641. The Morgan fingerprint density at radius 3 is 2.30 bits per heavy atom. The predicted molar refractivity (Wildman–Crippen MR) is 98.5 cm³/mol. The lowest BCUT2D eigenvalue weighted by molar-refractivity contribution is -0.140. The van der Waals surface area contributed by atoms with Crippen molar-refractivity contribution >= 4 is 22.0 Å². The van der Waals surface area contributed by atoms with Crippen LogP contribution in [-0.2, 0) is 30.8 Å². The molecule has 0 unspecified atom stereocenters. The Morgan fingerprint density at radius 2 is 1.67 bits per heavy atom. The van der Waals surface area contributed by atoms with Gasteiger partial charge in [-0.2, -0.15) is 4.31 Å². The molecule has 27 heavy (non-hydrogen) atoms. The van der Waals surface area contributed by atoms with Gasteiger partial charge in [0.1, 0.15) is 0 Å². The average Bonchev–Trinajstić information content (AvgIpc) is 2.70. The third kappa shape index (κ3) is 5.38. The first kappa shape index (κ1) is 20.6. The molecule has 2 aromatic carbocycles. The van der Waals surface area contributed by atoms with E-state index in [1.165, 1.54) is 42.8 Å². The zero-order chi connectivity index (χ0) is 19.9. The predicted octanol–water partition coefficient (Wildman–Crippen LogP) is 2.23. The third-order valence-corrected chi connectivity index (χ3v) is 5.73. The number of carbonyl (C=O) groups excluding carboxylic acids is 2. The molecule has 2 aromatic rings. The maximum absolute atomic E-state index is 13.1. The van der Waals surface area contributed by atoms with E-state index < -0.39 is 22.0 Å². The molecule has 0 aromatic heterocycles. The van der Waals surface area contributed by atoms with Crippen molar-refractivity contribution in [2.24, 2.45) is 0 Å². The van der Waals surface area contributed by atoms with E-state index in [4.69, 9.17) is 0 Å². The van der Waals surface area contributed by atoms with Gasteiger partial charge in [-0.3, -0.25) is 4.79 Å². The Balaban J connectivity index is 2.36. The van der Waals surface area contributed by atoms with Gasteiger partial charge in [0.25, 0.3) is 0 Å². The maximum atomic E-state index is 13.1. The zero-order valence-corrected chi connectivity index (χ0v) is 15.9. The van der Waals surface area contributed by atoms with Crippen LogP contribution >= 0.6 is 0 Å². The van der Waals surface area contributed by atoms with E-state index >= 15 is 0 Å². The van der Waals surface area contributed by atoms with Crippen LogP contribution in [0.3, 0.4) is 0 Å². The van der Waals surface area contributed by atoms with E-state index in [0.717, 1.165) is 5.56 Å². The minimum atomic E-state index is -3.95. The molecule has 0 aliphatic carbocycles. The molecule has 144 valence electrons. The van der Waals surface area contributed by atoms with Crippen molar-refractivity contribution in [3.05, 3.63) is 65.7 Å². The van der Waals surface area contributed by atoms with Crippen LogP contribution in [0.15, 0.2) is 59.5 Å². The van der Waals surface area contributed by atoms with E-state index in [1.54, 1.807) is 24.3 Å². The standard InChI is InChI=1S/C19H21NO6S/c1-25-18(21)11-12-20(14-15-7-4-3-5-8-15)27(23,24)17-10-6-9-16(13-17)19(22)26-2/h3-10,13H,11-12,14H2,1-2H3. The van der Waals surface area contributed by atoms with Gasteiger partial charge < -0.3 is 9.47 Å². The topological polar surface area (TPSA) is 90.0 Å². The Labute approximate surface area is 158 Å². The molecule has 0 spiro atoms. The zero-order valence-electron chi connectivity index (χ0n) is 15.1. The molecule has 0 fully saturated rings. The summed E-state index contributed by atoms with van der Waals surface area (Å²) in [5.74, 6) is -1.14. The van der Waals surface area contributed by atoms with Crippen LogP contribution in [-0.4, -0.2) is 45.4 Å². The van der Waals surface area contributed by atoms with Gasteiger partial charge in [0.05, 0.1) is 31.1 Å². The molecule has 0 atom stereocenters. The van der Waals surface area contributed by atoms with E-state index in [1.807, 2.05) is 6.07 Å². The fourth-order valence-electron chi connectivity index (χ4n) is 2.44. The van der Waals surface area contributed by atoms with Gasteiger partial charge in [-0.25, -0.2) is 13.2 Å².